The second kappa shape index (κ2) is 3.51. The second-order valence-corrected chi connectivity index (χ2v) is 1.94. The summed E-state index contributed by atoms with van der Waals surface area (Å²) in [6.07, 6.45) is 2.46. The Hall–Kier alpha value is -1.85. The molecule has 0 unspecified atom stereocenters. The third-order valence-electron chi connectivity index (χ3n) is 1.15. The van der Waals surface area contributed by atoms with Crippen LogP contribution in [0.1, 0.15) is 5.56 Å². The molecule has 6 heteroatoms. The van der Waals surface area contributed by atoms with Gasteiger partial charge in [0.25, 0.3) is 5.56 Å². The number of hydrogen-bond donors (Lipinski definition) is 2. The lowest BCUT2D eigenvalue weighted by Crippen LogP contribution is -2.24. The van der Waals surface area contributed by atoms with Gasteiger partial charge in [-0.2, -0.15) is 0 Å². The Morgan fingerprint density at radius 1 is 1.58 bits per heavy atom. The minimum Gasteiger partial charge on any atom is -0.399 e. The molecule has 2 N–H and O–H groups in total. The molecule has 0 atom stereocenters. The summed E-state index contributed by atoms with van der Waals surface area (Å²) in [6, 6.07) is 0. The molecule has 6 nitrogen and oxygen atoms in total. The summed E-state index contributed by atoms with van der Waals surface area (Å²) in [7, 11) is 1.36. The highest BCUT2D eigenvalue weighted by Crippen LogP contribution is 1.77. The molecule has 0 aliphatic carbocycles. The van der Waals surface area contributed by atoms with Crippen molar-refractivity contribution in [1.82, 2.24) is 9.97 Å². The Morgan fingerprint density at radius 2 is 2.33 bits per heavy atom. The maximum Gasteiger partial charge on any atom is 0.325 e. The molecule has 0 saturated carbocycles. The number of hydrogen-bond acceptors (Lipinski definition) is 4. The molecular formula is C6H7N3O3. The molecule has 0 fully saturated rings. The predicted octanol–water partition coefficient (Wildman–Crippen LogP) is -0.957. The maximum atomic E-state index is 10.9. The highest BCUT2D eigenvalue weighted by atomic mass is 16.6. The lowest BCUT2D eigenvalue weighted by Gasteiger charge is -1.88. The van der Waals surface area contributed by atoms with Crippen molar-refractivity contribution < 1.29 is 4.84 Å². The topological polar surface area (TPSA) is 87.3 Å². The molecule has 0 saturated heterocycles. The summed E-state index contributed by atoms with van der Waals surface area (Å²) in [5.74, 6) is 0. The minimum absolute atomic E-state index is 0.233. The number of nitrogens with zero attached hydrogens (tertiary/aromatic N) is 1. The highest BCUT2D eigenvalue weighted by molar-refractivity contribution is 5.77. The number of aromatic nitrogens is 2. The molecule has 1 rings (SSSR count). The van der Waals surface area contributed by atoms with E-state index < -0.39 is 11.2 Å². The van der Waals surface area contributed by atoms with Gasteiger partial charge in [-0.1, -0.05) is 5.16 Å². The average molecular weight is 169 g/mol. The largest absolute Gasteiger partial charge is 0.399 e. The van der Waals surface area contributed by atoms with Crippen LogP contribution < -0.4 is 11.2 Å². The second-order valence-electron chi connectivity index (χ2n) is 1.94. The molecule has 0 radical (unpaired) electrons. The zero-order valence-corrected chi connectivity index (χ0v) is 6.33. The van der Waals surface area contributed by atoms with Crippen LogP contribution in [0.2, 0.25) is 0 Å². The summed E-state index contributed by atoms with van der Waals surface area (Å²) in [5.41, 5.74) is -0.814. The van der Waals surface area contributed by atoms with Crippen LogP contribution in [0.3, 0.4) is 0 Å². The van der Waals surface area contributed by atoms with Crippen molar-refractivity contribution in [1.29, 1.82) is 0 Å². The summed E-state index contributed by atoms with van der Waals surface area (Å²) < 4.78 is 0. The molecular weight excluding hydrogens is 162 g/mol. The van der Waals surface area contributed by atoms with Crippen LogP contribution in [0.5, 0.6) is 0 Å². The Balaban J connectivity index is 3.11. The quantitative estimate of drug-likeness (QED) is 0.441. The third-order valence-corrected chi connectivity index (χ3v) is 1.15. The number of oxime groups is 1. The SMILES string of the molecule is CON=Cc1c[nH]c(=O)[nH]c1=O. The molecule has 64 valence electrons. The Kier molecular flexibility index (Phi) is 2.42. The van der Waals surface area contributed by atoms with E-state index in [0.29, 0.717) is 0 Å². The summed E-state index contributed by atoms with van der Waals surface area (Å²) in [4.78, 5) is 30.1. The number of nitrogens with one attached hydrogen (secondary N) is 2. The van der Waals surface area contributed by atoms with Gasteiger partial charge in [-0.25, -0.2) is 4.79 Å². The molecule has 0 amide bonds. The van der Waals surface area contributed by atoms with Gasteiger partial charge in [0.1, 0.15) is 7.11 Å². The van der Waals surface area contributed by atoms with Crippen LogP contribution in [0, 0.1) is 0 Å². The first-order valence-corrected chi connectivity index (χ1v) is 3.12. The van der Waals surface area contributed by atoms with Gasteiger partial charge >= 0.3 is 5.69 Å². The fourth-order valence-corrected chi connectivity index (χ4v) is 0.626. The van der Waals surface area contributed by atoms with E-state index in [1.54, 1.807) is 0 Å². The van der Waals surface area contributed by atoms with Crippen molar-refractivity contribution in [2.75, 3.05) is 7.11 Å². The van der Waals surface area contributed by atoms with Gasteiger partial charge in [0.2, 0.25) is 0 Å². The van der Waals surface area contributed by atoms with E-state index in [9.17, 15) is 9.59 Å². The molecule has 1 heterocycles. The van der Waals surface area contributed by atoms with E-state index >= 15 is 0 Å². The zero-order valence-electron chi connectivity index (χ0n) is 6.33. The number of rotatable bonds is 2. The number of aromatic amines is 2. The van der Waals surface area contributed by atoms with Crippen LogP contribution >= 0.6 is 0 Å². The van der Waals surface area contributed by atoms with Crippen molar-refractivity contribution in [3.63, 3.8) is 0 Å². The number of H-pyrrole nitrogens is 2. The van der Waals surface area contributed by atoms with Gasteiger partial charge in [0.15, 0.2) is 0 Å². The molecule has 0 bridgehead atoms. The zero-order chi connectivity index (χ0) is 8.97. The standard InChI is InChI=1S/C6H7N3O3/c1-12-8-3-4-2-7-6(11)9-5(4)10/h2-3H,1H3,(H2,7,9,10,11). The highest BCUT2D eigenvalue weighted by Gasteiger charge is 1.94. The van der Waals surface area contributed by atoms with E-state index in [1.165, 1.54) is 19.5 Å². The Bertz CT molecular complexity index is 390. The van der Waals surface area contributed by atoms with Crippen LogP contribution in [-0.2, 0) is 4.84 Å². The lowest BCUT2D eigenvalue weighted by molar-refractivity contribution is 0.215. The van der Waals surface area contributed by atoms with E-state index in [-0.39, 0.29) is 5.56 Å². The molecule has 0 spiro atoms. The van der Waals surface area contributed by atoms with Gasteiger partial charge in [0, 0.05) is 6.20 Å². The average Bonchev–Trinajstić information content (AvgIpc) is 2.03. The van der Waals surface area contributed by atoms with E-state index in [1.807, 2.05) is 4.98 Å². The summed E-state index contributed by atoms with van der Waals surface area (Å²) in [5, 5.41) is 3.37. The Morgan fingerprint density at radius 3 is 2.92 bits per heavy atom. The van der Waals surface area contributed by atoms with Gasteiger partial charge in [-0.15, -0.1) is 0 Å². The summed E-state index contributed by atoms with van der Waals surface area (Å²) >= 11 is 0. The fraction of sp³-hybridized carbons (Fsp3) is 0.167. The van der Waals surface area contributed by atoms with Crippen molar-refractivity contribution in [3.05, 3.63) is 32.6 Å². The molecule has 12 heavy (non-hydrogen) atoms. The first kappa shape index (κ1) is 8.25. The third kappa shape index (κ3) is 1.82. The molecule has 0 aliphatic heterocycles. The molecule has 0 aromatic carbocycles. The van der Waals surface area contributed by atoms with Crippen molar-refractivity contribution in [3.8, 4) is 0 Å². The normalized spacial score (nSPS) is 10.4. The maximum absolute atomic E-state index is 10.9. The molecule has 1 aromatic heterocycles. The first-order valence-electron chi connectivity index (χ1n) is 3.12. The van der Waals surface area contributed by atoms with E-state index in [4.69, 9.17) is 0 Å². The molecule has 0 aliphatic rings. The van der Waals surface area contributed by atoms with Crippen molar-refractivity contribution in [2.24, 2.45) is 5.16 Å². The van der Waals surface area contributed by atoms with Crippen LogP contribution in [-0.4, -0.2) is 23.3 Å². The predicted molar refractivity (Wildman–Crippen MR) is 42.3 cm³/mol. The summed E-state index contributed by atoms with van der Waals surface area (Å²) in [6.45, 7) is 0. The van der Waals surface area contributed by atoms with E-state index in [0.717, 1.165) is 0 Å². The van der Waals surface area contributed by atoms with E-state index in [2.05, 4.69) is 15.0 Å². The van der Waals surface area contributed by atoms with Gasteiger partial charge in [-0.3, -0.25) is 9.78 Å². The van der Waals surface area contributed by atoms with Crippen LogP contribution in [0.15, 0.2) is 20.9 Å². The van der Waals surface area contributed by atoms with Gasteiger partial charge in [0.05, 0.1) is 11.8 Å². The first-order chi connectivity index (χ1) is 5.74. The molecule has 1 aromatic rings. The van der Waals surface area contributed by atoms with Crippen LogP contribution in [0.25, 0.3) is 0 Å². The monoisotopic (exact) mass is 169 g/mol. The van der Waals surface area contributed by atoms with Crippen molar-refractivity contribution >= 4 is 6.21 Å². The Labute approximate surface area is 66.9 Å². The van der Waals surface area contributed by atoms with Gasteiger partial charge in [-0.05, 0) is 0 Å². The van der Waals surface area contributed by atoms with Gasteiger partial charge < -0.3 is 9.82 Å². The van der Waals surface area contributed by atoms with Crippen LogP contribution in [0.4, 0.5) is 0 Å². The fourth-order valence-electron chi connectivity index (χ4n) is 0.626. The van der Waals surface area contributed by atoms with Crippen molar-refractivity contribution in [2.45, 2.75) is 0 Å². The smallest absolute Gasteiger partial charge is 0.325 e. The minimum atomic E-state index is -0.547. The lowest BCUT2D eigenvalue weighted by atomic mass is 10.4.